The minimum absolute atomic E-state index is 0.0521. The Kier molecular flexibility index (Phi) is 2.69. The van der Waals surface area contributed by atoms with E-state index in [1.165, 1.54) is 0 Å². The zero-order valence-corrected chi connectivity index (χ0v) is 8.84. The number of halogens is 2. The van der Waals surface area contributed by atoms with E-state index < -0.39 is 11.7 Å². The van der Waals surface area contributed by atoms with Crippen molar-refractivity contribution >= 4 is 34.3 Å². The Labute approximate surface area is 95.1 Å². The summed E-state index contributed by atoms with van der Waals surface area (Å²) in [6.45, 7) is -2.82. The Bertz CT molecular complexity index is 492. The maximum Gasteiger partial charge on any atom is 0.323 e. The molecule has 0 amide bonds. The highest BCUT2D eigenvalue weighted by atomic mass is 32.1. The summed E-state index contributed by atoms with van der Waals surface area (Å²) >= 11 is 4.54. The van der Waals surface area contributed by atoms with E-state index in [2.05, 4.69) is 22.2 Å². The monoisotopic (exact) mass is 242 g/mol. The van der Waals surface area contributed by atoms with Crippen LogP contribution in [0.5, 0.6) is 0 Å². The molecule has 0 saturated carbocycles. The number of hydrogen-bond acceptors (Lipinski definition) is 2. The largest absolute Gasteiger partial charge is 0.376 e. The maximum atomic E-state index is 12.7. The molecule has 0 unspecified atom stereocenters. The zero-order valence-electron chi connectivity index (χ0n) is 8.02. The number of anilines is 1. The molecule has 4 nitrogen and oxygen atoms in total. The summed E-state index contributed by atoms with van der Waals surface area (Å²) in [5.74, 6) is -0.0521. The topological polar surface area (TPSA) is 57.9 Å². The molecule has 0 bridgehead atoms. The Morgan fingerprint density at radius 2 is 2.12 bits per heavy atom. The summed E-state index contributed by atoms with van der Waals surface area (Å²) in [5, 5.41) is -0.422. The third-order valence-corrected chi connectivity index (χ3v) is 2.23. The van der Waals surface area contributed by atoms with Crippen LogP contribution in [0.25, 0.3) is 11.0 Å². The summed E-state index contributed by atoms with van der Waals surface area (Å²) in [7, 11) is 0. The van der Waals surface area contributed by atoms with Crippen LogP contribution in [0, 0.1) is 0 Å². The summed E-state index contributed by atoms with van der Waals surface area (Å²) in [6, 6.07) is 6.98. The van der Waals surface area contributed by atoms with Crippen molar-refractivity contribution in [3.63, 3.8) is 0 Å². The maximum absolute atomic E-state index is 12.7. The molecule has 0 fully saturated rings. The van der Waals surface area contributed by atoms with Crippen molar-refractivity contribution in [1.29, 1.82) is 0 Å². The van der Waals surface area contributed by atoms with E-state index in [9.17, 15) is 8.78 Å². The number of para-hydroxylation sites is 2. The second-order valence-electron chi connectivity index (χ2n) is 3.06. The van der Waals surface area contributed by atoms with Crippen molar-refractivity contribution < 1.29 is 8.78 Å². The van der Waals surface area contributed by atoms with Crippen LogP contribution in [0.4, 0.5) is 14.7 Å². The van der Waals surface area contributed by atoms with Gasteiger partial charge in [0.2, 0.25) is 5.95 Å². The van der Waals surface area contributed by atoms with Crippen LogP contribution < -0.4 is 10.6 Å². The molecule has 2 rings (SSSR count). The van der Waals surface area contributed by atoms with Crippen LogP contribution in [0.15, 0.2) is 24.3 Å². The van der Waals surface area contributed by atoms with Gasteiger partial charge in [0, 0.05) is 0 Å². The van der Waals surface area contributed by atoms with E-state index in [0.29, 0.717) is 15.9 Å². The zero-order chi connectivity index (χ0) is 11.7. The molecule has 0 saturated heterocycles. The van der Waals surface area contributed by atoms with Gasteiger partial charge in [0.05, 0.1) is 11.0 Å². The highest BCUT2D eigenvalue weighted by molar-refractivity contribution is 7.80. The number of imidazole rings is 1. The van der Waals surface area contributed by atoms with Crippen LogP contribution >= 0.6 is 12.2 Å². The number of nitrogens with two attached hydrogens (primary N) is 1. The molecule has 0 radical (unpaired) electrons. The number of thiocarbonyl (C=S) groups is 1. The van der Waals surface area contributed by atoms with Gasteiger partial charge in [0.25, 0.3) is 0 Å². The van der Waals surface area contributed by atoms with Gasteiger partial charge in [0.15, 0.2) is 5.11 Å². The first-order chi connectivity index (χ1) is 7.59. The van der Waals surface area contributed by atoms with Crippen LogP contribution in [0.3, 0.4) is 0 Å². The van der Waals surface area contributed by atoms with Gasteiger partial charge < -0.3 is 10.7 Å². The van der Waals surface area contributed by atoms with Crippen molar-refractivity contribution in [1.82, 2.24) is 9.97 Å². The Morgan fingerprint density at radius 3 is 2.69 bits per heavy atom. The van der Waals surface area contributed by atoms with Crippen molar-refractivity contribution in [2.24, 2.45) is 5.73 Å². The van der Waals surface area contributed by atoms with Crippen LogP contribution in [0.2, 0.25) is 0 Å². The fourth-order valence-electron chi connectivity index (χ4n) is 1.35. The minimum Gasteiger partial charge on any atom is -0.376 e. The fraction of sp³-hybridized carbons (Fsp3) is 0.111. The van der Waals surface area contributed by atoms with Gasteiger partial charge in [-0.1, -0.05) is 12.1 Å². The molecule has 3 N–H and O–H groups in total. The van der Waals surface area contributed by atoms with Crippen LogP contribution in [-0.4, -0.2) is 21.6 Å². The van der Waals surface area contributed by atoms with E-state index in [4.69, 9.17) is 5.73 Å². The summed E-state index contributed by atoms with van der Waals surface area (Å²) in [5.41, 5.74) is 6.44. The second kappa shape index (κ2) is 4.01. The van der Waals surface area contributed by atoms with E-state index in [1.807, 2.05) is 0 Å². The highest BCUT2D eigenvalue weighted by Gasteiger charge is 2.22. The van der Waals surface area contributed by atoms with Gasteiger partial charge in [-0.15, -0.1) is 0 Å². The molecule has 1 aromatic carbocycles. The molecular weight excluding hydrogens is 234 g/mol. The second-order valence-corrected chi connectivity index (χ2v) is 3.48. The molecule has 2 aromatic rings. The molecular formula is C9H8F2N4S. The molecule has 0 atom stereocenters. The first kappa shape index (κ1) is 10.7. The van der Waals surface area contributed by atoms with Gasteiger partial charge in [-0.3, -0.25) is 0 Å². The standard InChI is InChI=1S/C9H8F2N4S/c10-7(11)15(8(12)16)9-13-5-3-1-2-4-6(5)14-9/h1-4,7H,(H2,12,16)(H,13,14). The predicted molar refractivity (Wildman–Crippen MR) is 61.4 cm³/mol. The van der Waals surface area contributed by atoms with E-state index >= 15 is 0 Å². The van der Waals surface area contributed by atoms with E-state index in [1.54, 1.807) is 24.3 Å². The summed E-state index contributed by atoms with van der Waals surface area (Å²) in [4.78, 5) is 7.17. The third kappa shape index (κ3) is 1.81. The molecule has 0 spiro atoms. The molecule has 84 valence electrons. The number of aromatic nitrogens is 2. The highest BCUT2D eigenvalue weighted by Crippen LogP contribution is 2.19. The van der Waals surface area contributed by atoms with Gasteiger partial charge >= 0.3 is 6.55 Å². The normalized spacial score (nSPS) is 10.9. The number of aromatic amines is 1. The van der Waals surface area contributed by atoms with E-state index in [0.717, 1.165) is 0 Å². The predicted octanol–water partition coefficient (Wildman–Crippen LogP) is 1.84. The number of fused-ring (bicyclic) bond motifs is 1. The number of H-pyrrole nitrogens is 1. The third-order valence-electron chi connectivity index (χ3n) is 2.04. The number of nitrogens with one attached hydrogen (secondary N) is 1. The molecule has 7 heteroatoms. The van der Waals surface area contributed by atoms with Crippen molar-refractivity contribution in [2.45, 2.75) is 6.55 Å². The van der Waals surface area contributed by atoms with Gasteiger partial charge in [-0.25, -0.2) is 9.88 Å². The average molecular weight is 242 g/mol. The number of rotatable bonds is 2. The van der Waals surface area contributed by atoms with Gasteiger partial charge in [-0.05, 0) is 24.4 Å². The molecule has 0 aliphatic heterocycles. The average Bonchev–Trinajstić information content (AvgIpc) is 2.58. The first-order valence-electron chi connectivity index (χ1n) is 4.41. The molecule has 1 aromatic heterocycles. The smallest absolute Gasteiger partial charge is 0.323 e. The molecule has 1 heterocycles. The lowest BCUT2D eigenvalue weighted by Gasteiger charge is -2.17. The summed E-state index contributed by atoms with van der Waals surface area (Å²) in [6.07, 6.45) is 0. The molecule has 16 heavy (non-hydrogen) atoms. The lowest BCUT2D eigenvalue weighted by Crippen LogP contribution is -2.40. The summed E-state index contributed by atoms with van der Waals surface area (Å²) < 4.78 is 25.3. The van der Waals surface area contributed by atoms with Gasteiger partial charge in [-0.2, -0.15) is 8.78 Å². The number of benzene rings is 1. The van der Waals surface area contributed by atoms with E-state index in [-0.39, 0.29) is 5.95 Å². The lowest BCUT2D eigenvalue weighted by atomic mass is 10.3. The van der Waals surface area contributed by atoms with Gasteiger partial charge in [0.1, 0.15) is 0 Å². The SMILES string of the molecule is NC(=S)N(c1nc2ccccc2[nH]1)C(F)F. The number of nitrogens with zero attached hydrogens (tertiary/aromatic N) is 2. The Balaban J connectivity index is 2.49. The first-order valence-corrected chi connectivity index (χ1v) is 4.82. The van der Waals surface area contributed by atoms with Crippen LogP contribution in [-0.2, 0) is 0 Å². The lowest BCUT2D eigenvalue weighted by molar-refractivity contribution is 0.158. The Morgan fingerprint density at radius 1 is 1.44 bits per heavy atom. The quantitative estimate of drug-likeness (QED) is 0.623. The van der Waals surface area contributed by atoms with Crippen molar-refractivity contribution in [3.8, 4) is 0 Å². The molecule has 0 aliphatic carbocycles. The number of alkyl halides is 2. The Hall–Kier alpha value is -1.76. The minimum atomic E-state index is -2.82. The van der Waals surface area contributed by atoms with Crippen molar-refractivity contribution in [2.75, 3.05) is 4.90 Å². The fourth-order valence-corrected chi connectivity index (χ4v) is 1.51. The van der Waals surface area contributed by atoms with Crippen molar-refractivity contribution in [3.05, 3.63) is 24.3 Å². The van der Waals surface area contributed by atoms with Crippen LogP contribution in [0.1, 0.15) is 0 Å². The number of hydrogen-bond donors (Lipinski definition) is 2. The molecule has 0 aliphatic rings.